The minimum Gasteiger partial charge on any atom is -0.493 e. The first-order chi connectivity index (χ1) is 10.5. The van der Waals surface area contributed by atoms with Gasteiger partial charge in [-0.1, -0.05) is 11.6 Å². The Balaban J connectivity index is 1.70. The van der Waals surface area contributed by atoms with Crippen molar-refractivity contribution in [3.8, 4) is 5.75 Å². The number of hydrogen-bond acceptors (Lipinski definition) is 3. The number of nitrogens with zero attached hydrogens (tertiary/aromatic N) is 1. The van der Waals surface area contributed by atoms with Crippen molar-refractivity contribution in [2.45, 2.75) is 26.2 Å². The fourth-order valence-electron chi connectivity index (χ4n) is 2.56. The summed E-state index contributed by atoms with van der Waals surface area (Å²) in [6.07, 6.45) is 1.72. The molecule has 1 fully saturated rings. The SMILES string of the molecule is Cc1cc(Cl)ccc1OCCCC(=O)N1CC[C@@H](C(N)=O)C1. The van der Waals surface area contributed by atoms with Gasteiger partial charge in [0.25, 0.3) is 0 Å². The van der Waals surface area contributed by atoms with Crippen molar-refractivity contribution in [3.05, 3.63) is 28.8 Å². The zero-order valence-electron chi connectivity index (χ0n) is 12.7. The van der Waals surface area contributed by atoms with Crippen LogP contribution in [0.4, 0.5) is 0 Å². The molecule has 0 unspecified atom stereocenters. The van der Waals surface area contributed by atoms with E-state index in [0.29, 0.717) is 44.0 Å². The van der Waals surface area contributed by atoms with Gasteiger partial charge in [0.15, 0.2) is 0 Å². The van der Waals surface area contributed by atoms with Gasteiger partial charge in [-0.25, -0.2) is 0 Å². The van der Waals surface area contributed by atoms with Crippen molar-refractivity contribution in [1.82, 2.24) is 4.90 Å². The minimum atomic E-state index is -0.322. The molecule has 0 spiro atoms. The fourth-order valence-corrected chi connectivity index (χ4v) is 2.78. The second kappa shape index (κ2) is 7.49. The molecule has 0 radical (unpaired) electrons. The molecule has 2 N–H and O–H groups in total. The number of carbonyl (C=O) groups excluding carboxylic acids is 2. The number of nitrogens with two attached hydrogens (primary N) is 1. The molecule has 1 aromatic rings. The van der Waals surface area contributed by atoms with Gasteiger partial charge in [-0.3, -0.25) is 9.59 Å². The highest BCUT2D eigenvalue weighted by atomic mass is 35.5. The van der Waals surface area contributed by atoms with Gasteiger partial charge in [0.1, 0.15) is 5.75 Å². The topological polar surface area (TPSA) is 72.6 Å². The summed E-state index contributed by atoms with van der Waals surface area (Å²) in [5, 5.41) is 0.679. The Kier molecular flexibility index (Phi) is 5.66. The van der Waals surface area contributed by atoms with Crippen LogP contribution in [-0.2, 0) is 9.59 Å². The molecular formula is C16H21ClN2O3. The van der Waals surface area contributed by atoms with Gasteiger partial charge in [0.05, 0.1) is 12.5 Å². The Morgan fingerprint density at radius 3 is 2.86 bits per heavy atom. The maximum absolute atomic E-state index is 12.0. The number of ether oxygens (including phenoxy) is 1. The second-order valence-corrected chi connectivity index (χ2v) is 6.03. The lowest BCUT2D eigenvalue weighted by Gasteiger charge is -2.16. The van der Waals surface area contributed by atoms with Crippen LogP contribution in [0, 0.1) is 12.8 Å². The number of carbonyl (C=O) groups is 2. The molecule has 22 heavy (non-hydrogen) atoms. The van der Waals surface area contributed by atoms with Gasteiger partial charge in [-0.05, 0) is 43.5 Å². The van der Waals surface area contributed by atoms with Crippen LogP contribution in [0.5, 0.6) is 5.75 Å². The molecule has 1 saturated heterocycles. The zero-order valence-corrected chi connectivity index (χ0v) is 13.4. The van der Waals surface area contributed by atoms with Crippen LogP contribution in [0.3, 0.4) is 0 Å². The fraction of sp³-hybridized carbons (Fsp3) is 0.500. The van der Waals surface area contributed by atoms with E-state index in [2.05, 4.69) is 0 Å². The summed E-state index contributed by atoms with van der Waals surface area (Å²) in [5.41, 5.74) is 6.24. The van der Waals surface area contributed by atoms with E-state index in [9.17, 15) is 9.59 Å². The molecule has 2 amide bonds. The number of primary amides is 1. The smallest absolute Gasteiger partial charge is 0.222 e. The standard InChI is InChI=1S/C16H21ClN2O3/c1-11-9-13(17)4-5-14(11)22-8-2-3-15(20)19-7-6-12(10-19)16(18)21/h4-5,9,12H,2-3,6-8,10H2,1H3,(H2,18,21)/t12-/m1/s1. The first kappa shape index (κ1) is 16.6. The number of aryl methyl sites for hydroxylation is 1. The Morgan fingerprint density at radius 2 is 2.23 bits per heavy atom. The average Bonchev–Trinajstić information content (AvgIpc) is 2.95. The lowest BCUT2D eigenvalue weighted by molar-refractivity contribution is -0.130. The molecule has 0 aromatic heterocycles. The van der Waals surface area contributed by atoms with Gasteiger partial charge >= 0.3 is 0 Å². The monoisotopic (exact) mass is 324 g/mol. The molecule has 1 aliphatic rings. The van der Waals surface area contributed by atoms with Gasteiger partial charge in [-0.15, -0.1) is 0 Å². The number of likely N-dealkylation sites (tertiary alicyclic amines) is 1. The highest BCUT2D eigenvalue weighted by Gasteiger charge is 2.29. The maximum Gasteiger partial charge on any atom is 0.222 e. The summed E-state index contributed by atoms with van der Waals surface area (Å²) >= 11 is 5.89. The number of benzene rings is 1. The number of hydrogen-bond donors (Lipinski definition) is 1. The lowest BCUT2D eigenvalue weighted by atomic mass is 10.1. The van der Waals surface area contributed by atoms with Gasteiger partial charge in [0, 0.05) is 24.5 Å². The maximum atomic E-state index is 12.0. The van der Waals surface area contributed by atoms with Crippen LogP contribution in [0.1, 0.15) is 24.8 Å². The third-order valence-corrected chi connectivity index (χ3v) is 4.11. The Hall–Kier alpha value is -1.75. The van der Waals surface area contributed by atoms with Crippen molar-refractivity contribution in [1.29, 1.82) is 0 Å². The average molecular weight is 325 g/mol. The highest BCUT2D eigenvalue weighted by molar-refractivity contribution is 6.30. The highest BCUT2D eigenvalue weighted by Crippen LogP contribution is 2.22. The zero-order chi connectivity index (χ0) is 16.1. The molecule has 0 bridgehead atoms. The molecule has 120 valence electrons. The Labute approximate surface area is 135 Å². The van der Waals surface area contributed by atoms with E-state index < -0.39 is 0 Å². The summed E-state index contributed by atoms with van der Waals surface area (Å²) in [6, 6.07) is 5.46. The minimum absolute atomic E-state index is 0.0557. The second-order valence-electron chi connectivity index (χ2n) is 5.59. The van der Waals surface area contributed by atoms with Crippen molar-refractivity contribution < 1.29 is 14.3 Å². The van der Waals surface area contributed by atoms with Crippen LogP contribution in [0.15, 0.2) is 18.2 Å². The van der Waals surface area contributed by atoms with E-state index in [4.69, 9.17) is 22.1 Å². The largest absolute Gasteiger partial charge is 0.493 e. The molecule has 1 heterocycles. The molecule has 2 rings (SSSR count). The van der Waals surface area contributed by atoms with Crippen molar-refractivity contribution in [2.24, 2.45) is 11.7 Å². The molecule has 1 aromatic carbocycles. The van der Waals surface area contributed by atoms with E-state index in [1.54, 1.807) is 11.0 Å². The summed E-state index contributed by atoms with van der Waals surface area (Å²) in [7, 11) is 0. The molecule has 0 aliphatic carbocycles. The predicted octanol–water partition coefficient (Wildman–Crippen LogP) is 2.14. The third kappa shape index (κ3) is 4.37. The van der Waals surface area contributed by atoms with Gasteiger partial charge < -0.3 is 15.4 Å². The van der Waals surface area contributed by atoms with E-state index >= 15 is 0 Å². The number of rotatable bonds is 6. The van der Waals surface area contributed by atoms with E-state index in [1.807, 2.05) is 19.1 Å². The summed E-state index contributed by atoms with van der Waals surface area (Å²) in [6.45, 7) is 3.47. The quantitative estimate of drug-likeness (QED) is 0.815. The third-order valence-electron chi connectivity index (χ3n) is 3.87. The normalized spacial score (nSPS) is 17.5. The van der Waals surface area contributed by atoms with Crippen LogP contribution in [0.2, 0.25) is 5.02 Å². The van der Waals surface area contributed by atoms with E-state index in [-0.39, 0.29) is 17.7 Å². The van der Waals surface area contributed by atoms with Crippen LogP contribution >= 0.6 is 11.6 Å². The first-order valence-electron chi connectivity index (χ1n) is 7.43. The summed E-state index contributed by atoms with van der Waals surface area (Å²) in [4.78, 5) is 24.8. The Morgan fingerprint density at radius 1 is 1.45 bits per heavy atom. The Bertz CT molecular complexity index is 562. The summed E-state index contributed by atoms with van der Waals surface area (Å²) in [5.74, 6) is 0.320. The molecule has 5 nitrogen and oxygen atoms in total. The van der Waals surface area contributed by atoms with Crippen LogP contribution < -0.4 is 10.5 Å². The van der Waals surface area contributed by atoms with Crippen molar-refractivity contribution in [3.63, 3.8) is 0 Å². The first-order valence-corrected chi connectivity index (χ1v) is 7.81. The number of amides is 2. The lowest BCUT2D eigenvalue weighted by Crippen LogP contribution is -2.31. The molecule has 1 aliphatic heterocycles. The van der Waals surface area contributed by atoms with Crippen LogP contribution in [0.25, 0.3) is 0 Å². The molecular weight excluding hydrogens is 304 g/mol. The van der Waals surface area contributed by atoms with Crippen LogP contribution in [-0.4, -0.2) is 36.4 Å². The van der Waals surface area contributed by atoms with E-state index in [1.165, 1.54) is 0 Å². The number of halogens is 1. The van der Waals surface area contributed by atoms with Gasteiger partial charge in [0.2, 0.25) is 11.8 Å². The summed E-state index contributed by atoms with van der Waals surface area (Å²) < 4.78 is 5.66. The van der Waals surface area contributed by atoms with Crippen molar-refractivity contribution in [2.75, 3.05) is 19.7 Å². The van der Waals surface area contributed by atoms with Gasteiger partial charge in [-0.2, -0.15) is 0 Å². The van der Waals surface area contributed by atoms with E-state index in [0.717, 1.165) is 11.3 Å². The molecule has 0 saturated carbocycles. The molecule has 6 heteroatoms. The molecule has 1 atom stereocenters. The predicted molar refractivity (Wildman–Crippen MR) is 84.8 cm³/mol. The van der Waals surface area contributed by atoms with Crippen molar-refractivity contribution >= 4 is 23.4 Å².